The summed E-state index contributed by atoms with van der Waals surface area (Å²) in [5, 5.41) is 5.66. The minimum atomic E-state index is -4.58. The largest absolute Gasteiger partial charge is 0.560 e. The Morgan fingerprint density at radius 3 is 2.10 bits per heavy atom. The average molecular weight is 890 g/mol. The van der Waals surface area contributed by atoms with Gasteiger partial charge in [-0.3, -0.25) is 9.59 Å². The van der Waals surface area contributed by atoms with Crippen LogP contribution in [-0.4, -0.2) is 80.6 Å². The number of hydrogen-bond acceptors (Lipinski definition) is 6. The van der Waals surface area contributed by atoms with E-state index >= 15 is 0 Å². The molecule has 5 aromatic carbocycles. The van der Waals surface area contributed by atoms with Gasteiger partial charge in [-0.1, -0.05) is 48.5 Å². The lowest BCUT2D eigenvalue weighted by Gasteiger charge is -2.35. The predicted molar refractivity (Wildman–Crippen MR) is 245 cm³/mol. The number of nitrogen functional groups attached to an aromatic ring is 2. The Balaban J connectivity index is 1.02. The Bertz CT molecular complexity index is 2450. The van der Waals surface area contributed by atoms with Crippen molar-refractivity contribution >= 4 is 73.6 Å². The van der Waals surface area contributed by atoms with Gasteiger partial charge in [-0.2, -0.15) is 4.57 Å². The van der Waals surface area contributed by atoms with Gasteiger partial charge in [0, 0.05) is 89.3 Å². The van der Waals surface area contributed by atoms with E-state index in [2.05, 4.69) is 26.9 Å². The normalized spacial score (nSPS) is 12.6. The number of amides is 1. The highest BCUT2D eigenvalue weighted by molar-refractivity contribution is 6.18. The van der Waals surface area contributed by atoms with Crippen LogP contribution < -0.4 is 31.0 Å². The molecule has 1 unspecified atom stereocenters. The first-order valence-corrected chi connectivity index (χ1v) is 21.8. The van der Waals surface area contributed by atoms with Crippen LogP contribution in [0.25, 0.3) is 32.9 Å². The number of quaternary nitrogens is 1. The van der Waals surface area contributed by atoms with Gasteiger partial charge in [-0.15, -0.1) is 36.4 Å². The van der Waals surface area contributed by atoms with E-state index in [1.807, 2.05) is 91.0 Å². The number of alkyl halides is 5. The van der Waals surface area contributed by atoms with Crippen LogP contribution in [0.5, 0.6) is 5.75 Å². The van der Waals surface area contributed by atoms with Gasteiger partial charge in [0.15, 0.2) is 12.3 Å². The monoisotopic (exact) mass is 888 g/mol. The van der Waals surface area contributed by atoms with Crippen molar-refractivity contribution < 1.29 is 36.5 Å². The molecule has 9 nitrogen and oxygen atoms in total. The fourth-order valence-corrected chi connectivity index (χ4v) is 8.10. The van der Waals surface area contributed by atoms with Crippen molar-refractivity contribution in [3.05, 3.63) is 126 Å². The number of benzene rings is 5. The number of nitrogens with one attached hydrogen (secondary N) is 1. The zero-order valence-corrected chi connectivity index (χ0v) is 36.3. The van der Waals surface area contributed by atoms with E-state index in [9.17, 15) is 22.8 Å². The minimum Gasteiger partial charge on any atom is -0.494 e. The van der Waals surface area contributed by atoms with Crippen molar-refractivity contribution in [2.45, 2.75) is 38.5 Å². The summed E-state index contributed by atoms with van der Waals surface area (Å²) in [5.74, 6) is 0.990. The second-order valence-electron chi connectivity index (χ2n) is 15.6. The summed E-state index contributed by atoms with van der Waals surface area (Å²) in [7, 11) is 1.09. The number of ether oxygens (including phenoxy) is 1. The zero-order chi connectivity index (χ0) is 44.3. The molecule has 14 heteroatoms. The third-order valence-corrected chi connectivity index (χ3v) is 11.5. The number of anilines is 3. The van der Waals surface area contributed by atoms with Crippen LogP contribution in [0.1, 0.15) is 41.6 Å². The molecule has 0 saturated heterocycles. The number of ketones is 1. The van der Waals surface area contributed by atoms with Crippen molar-refractivity contribution in [3.63, 3.8) is 0 Å². The molecule has 1 amide bonds. The van der Waals surface area contributed by atoms with Crippen LogP contribution in [0.4, 0.5) is 30.2 Å². The van der Waals surface area contributed by atoms with E-state index < -0.39 is 10.8 Å². The Labute approximate surface area is 370 Å². The van der Waals surface area contributed by atoms with Gasteiger partial charge < -0.3 is 26.4 Å². The lowest BCUT2D eigenvalue weighted by molar-refractivity contribution is -1.01. The lowest BCUT2D eigenvalue weighted by Crippen LogP contribution is -2.58. The number of pyridine rings is 1. The first kappa shape index (κ1) is 46.0. The summed E-state index contributed by atoms with van der Waals surface area (Å²) in [6, 6.07) is 36.5. The molecule has 0 aliphatic rings. The number of likely N-dealkylation sites (N-methyl/N-ethyl adjacent to an activating group) is 1. The van der Waals surface area contributed by atoms with E-state index in [4.69, 9.17) is 39.4 Å². The molecule has 0 fully saturated rings. The standard InChI is InChI=1S/C48H51Cl2F3N6O3/c1-59(48(51,52)53,29-25-56-46(61)10-6-30-62-40-19-17-39(18-20-40)57(26-23-49)27-24-50)28-5-9-45(60)35-13-11-34(12-14-35)33-58-44-32-38(55)16-22-42(44)41-21-15-37(54)31-43(41)47(58)36-7-3-2-4-8-36/h2-4,7-8,11-22,31-32,55H,5-6,9-10,23-30,33,54H2,1H3/p+2. The van der Waals surface area contributed by atoms with Crippen molar-refractivity contribution in [2.24, 2.45) is 0 Å². The number of carbonyl (C=O) groups is 2. The van der Waals surface area contributed by atoms with E-state index in [0.29, 0.717) is 60.5 Å². The molecule has 0 aliphatic heterocycles. The summed E-state index contributed by atoms with van der Waals surface area (Å²) < 4.78 is 49.7. The van der Waals surface area contributed by atoms with Crippen LogP contribution >= 0.6 is 23.2 Å². The van der Waals surface area contributed by atoms with Gasteiger partial charge >= 0.3 is 6.30 Å². The van der Waals surface area contributed by atoms with Crippen LogP contribution in [0.15, 0.2) is 115 Å². The lowest BCUT2D eigenvalue weighted by atomic mass is 9.97. The molecule has 1 heterocycles. The Morgan fingerprint density at radius 2 is 1.44 bits per heavy atom. The number of Topliss-reactive ketones (excluding diaryl/α,β-unsaturated/α-hetero) is 1. The highest BCUT2D eigenvalue weighted by atomic mass is 35.5. The third-order valence-electron chi connectivity index (χ3n) is 11.2. The molecule has 6 rings (SSSR count). The highest BCUT2D eigenvalue weighted by Gasteiger charge is 2.51. The molecule has 0 spiro atoms. The number of fused-ring (bicyclic) bond motifs is 3. The molecule has 1 atom stereocenters. The number of carbonyl (C=O) groups excluding carboxylic acids is 2. The highest BCUT2D eigenvalue weighted by Crippen LogP contribution is 2.34. The van der Waals surface area contributed by atoms with Crippen molar-refractivity contribution in [3.8, 4) is 17.0 Å². The molecular weight excluding hydrogens is 836 g/mol. The van der Waals surface area contributed by atoms with Crippen molar-refractivity contribution in [2.75, 3.05) is 74.5 Å². The molecule has 326 valence electrons. The molecule has 0 bridgehead atoms. The molecule has 0 radical (unpaired) electrons. The fourth-order valence-electron chi connectivity index (χ4n) is 7.69. The molecule has 0 saturated carbocycles. The van der Waals surface area contributed by atoms with Crippen LogP contribution in [-0.2, 0) is 11.3 Å². The molecule has 62 heavy (non-hydrogen) atoms. The molecule has 0 aliphatic carbocycles. The average Bonchev–Trinajstić information content (AvgIpc) is 3.25. The third kappa shape index (κ3) is 11.5. The van der Waals surface area contributed by atoms with Crippen molar-refractivity contribution in [1.82, 2.24) is 5.32 Å². The summed E-state index contributed by atoms with van der Waals surface area (Å²) in [4.78, 5) is 27.9. The van der Waals surface area contributed by atoms with Crippen LogP contribution in [0, 0.1) is 0 Å². The van der Waals surface area contributed by atoms with Crippen LogP contribution in [0.3, 0.4) is 0 Å². The van der Waals surface area contributed by atoms with E-state index in [-0.39, 0.29) is 57.2 Å². The van der Waals surface area contributed by atoms with Gasteiger partial charge in [-0.25, -0.2) is 4.48 Å². The number of nitrogens with zero attached hydrogens (tertiary/aromatic N) is 3. The van der Waals surface area contributed by atoms with Gasteiger partial charge in [-0.05, 0) is 67.1 Å². The van der Waals surface area contributed by atoms with Crippen LogP contribution in [0.2, 0.25) is 0 Å². The second kappa shape index (κ2) is 21.0. The minimum absolute atomic E-state index is 0.0181. The Kier molecular flexibility index (Phi) is 15.6. The number of nitrogens with two attached hydrogens (primary N) is 2. The summed E-state index contributed by atoms with van der Waals surface area (Å²) in [5.41, 5.74) is 19.1. The van der Waals surface area contributed by atoms with E-state index in [1.165, 1.54) is 0 Å². The van der Waals surface area contributed by atoms with Gasteiger partial charge in [0.05, 0.1) is 37.5 Å². The van der Waals surface area contributed by atoms with E-state index in [0.717, 1.165) is 51.2 Å². The van der Waals surface area contributed by atoms with E-state index in [1.54, 1.807) is 12.1 Å². The van der Waals surface area contributed by atoms with Gasteiger partial charge in [0.1, 0.15) is 12.3 Å². The van der Waals surface area contributed by atoms with Gasteiger partial charge in [0.25, 0.3) is 0 Å². The second-order valence-corrected chi connectivity index (χ2v) is 16.3. The summed E-state index contributed by atoms with van der Waals surface area (Å²) in [6.07, 6.45) is -4.12. The smallest absolute Gasteiger partial charge is 0.494 e. The number of rotatable bonds is 21. The number of aromatic nitrogens is 1. The zero-order valence-electron chi connectivity index (χ0n) is 34.8. The SMILES string of the molecule is C[N+](CCCC(=O)c1ccc(C[n+]2c(-c3ccccc3)c3cc(N)ccc3c3ccc(N)cc32)cc1)(CCNC(=O)CCCOc1ccc(N(CCCl)CCCl)cc1)C(F)(F)F. The maximum Gasteiger partial charge on any atom is 0.560 e. The molecule has 6 aromatic rings. The predicted octanol–water partition coefficient (Wildman–Crippen LogP) is 9.35. The quantitative estimate of drug-likeness (QED) is 0.00971. The number of hydrogen-bond donors (Lipinski definition) is 3. The molecule has 5 N–H and O–H groups in total. The maximum absolute atomic E-state index is 14.3. The first-order chi connectivity index (χ1) is 29.8. The maximum atomic E-state index is 14.3. The fraction of sp³-hybridized carbons (Fsp3) is 0.312. The number of halogens is 5. The first-order valence-electron chi connectivity index (χ1n) is 20.7. The summed E-state index contributed by atoms with van der Waals surface area (Å²) in [6.45, 7) is 1.21. The Hall–Kier alpha value is -5.56. The topological polar surface area (TPSA) is 115 Å². The molecule has 1 aromatic heterocycles. The Morgan fingerprint density at radius 1 is 0.774 bits per heavy atom. The van der Waals surface area contributed by atoms with Gasteiger partial charge in [0.2, 0.25) is 17.1 Å². The summed E-state index contributed by atoms with van der Waals surface area (Å²) >= 11 is 11.8. The molecular formula is C48H53Cl2F3N6O3+2. The van der Waals surface area contributed by atoms with Crippen molar-refractivity contribution in [1.29, 1.82) is 0 Å².